The van der Waals surface area contributed by atoms with Gasteiger partial charge in [0.25, 0.3) is 0 Å². The van der Waals surface area contributed by atoms with E-state index in [1.54, 1.807) is 18.3 Å². The molecule has 138 valence electrons. The molecule has 0 atom stereocenters. The van der Waals surface area contributed by atoms with Gasteiger partial charge in [0.1, 0.15) is 11.5 Å². The van der Waals surface area contributed by atoms with Gasteiger partial charge in [-0.05, 0) is 31.4 Å². The highest BCUT2D eigenvalue weighted by molar-refractivity contribution is 6.42. The molecule has 0 spiro atoms. The van der Waals surface area contributed by atoms with E-state index in [4.69, 9.17) is 27.9 Å². The molecule has 2 heterocycles. The molecule has 1 saturated carbocycles. The fraction of sp³-hybridized carbons (Fsp3) is 0.450. The van der Waals surface area contributed by atoms with Crippen LogP contribution in [-0.2, 0) is 0 Å². The minimum absolute atomic E-state index is 0.483. The van der Waals surface area contributed by atoms with Gasteiger partial charge in [0, 0.05) is 44.4 Å². The van der Waals surface area contributed by atoms with Crippen molar-refractivity contribution in [2.24, 2.45) is 0 Å². The summed E-state index contributed by atoms with van der Waals surface area (Å²) in [5, 5.41) is 1.00. The second-order valence-electron chi connectivity index (χ2n) is 7.02. The molecular weight excluding hydrogens is 369 g/mol. The maximum Gasteiger partial charge on any atom is 0.147 e. The summed E-state index contributed by atoms with van der Waals surface area (Å²) in [6.45, 7) is 4.42. The fourth-order valence-electron chi connectivity index (χ4n) is 3.63. The second-order valence-corrected chi connectivity index (χ2v) is 7.83. The van der Waals surface area contributed by atoms with Gasteiger partial charge in [-0.15, -0.1) is 0 Å². The third-order valence-corrected chi connectivity index (χ3v) is 6.05. The van der Waals surface area contributed by atoms with Gasteiger partial charge in [0.05, 0.1) is 28.1 Å². The van der Waals surface area contributed by atoms with Crippen molar-refractivity contribution >= 4 is 28.9 Å². The molecule has 2 aromatic rings. The number of benzene rings is 1. The Morgan fingerprint density at radius 3 is 2.54 bits per heavy atom. The van der Waals surface area contributed by atoms with E-state index in [1.807, 2.05) is 12.3 Å². The highest BCUT2D eigenvalue weighted by Crippen LogP contribution is 2.31. The van der Waals surface area contributed by atoms with Crippen LogP contribution in [0.15, 0.2) is 36.7 Å². The van der Waals surface area contributed by atoms with Crippen LogP contribution in [0, 0.1) is 0 Å². The summed E-state index contributed by atoms with van der Waals surface area (Å²) in [6.07, 6.45) is 8.96. The zero-order valence-electron chi connectivity index (χ0n) is 14.7. The Hall–Kier alpha value is -1.49. The molecule has 0 unspecified atom stereocenters. The Bertz CT molecular complexity index is 766. The molecule has 4 nitrogen and oxygen atoms in total. The highest BCUT2D eigenvalue weighted by atomic mass is 35.5. The molecule has 1 aliphatic heterocycles. The normalized spacial score (nSPS) is 19.1. The number of pyridine rings is 1. The number of halogens is 2. The zero-order chi connectivity index (χ0) is 17.9. The first-order chi connectivity index (χ1) is 12.7. The Balaban J connectivity index is 1.44. The van der Waals surface area contributed by atoms with Gasteiger partial charge >= 0.3 is 0 Å². The van der Waals surface area contributed by atoms with Crippen molar-refractivity contribution in [3.05, 3.63) is 46.7 Å². The molecule has 0 N–H and O–H groups in total. The van der Waals surface area contributed by atoms with Gasteiger partial charge in [-0.1, -0.05) is 29.6 Å². The van der Waals surface area contributed by atoms with E-state index in [1.165, 1.54) is 32.2 Å². The monoisotopic (exact) mass is 391 g/mol. The van der Waals surface area contributed by atoms with Crippen LogP contribution in [-0.4, -0.2) is 42.1 Å². The molecular formula is C20H23Cl2N3O. The van der Waals surface area contributed by atoms with E-state index < -0.39 is 0 Å². The van der Waals surface area contributed by atoms with Crippen LogP contribution in [0.25, 0.3) is 0 Å². The third-order valence-electron chi connectivity index (χ3n) is 5.31. The van der Waals surface area contributed by atoms with Crippen LogP contribution in [0.1, 0.15) is 25.7 Å². The molecule has 1 aliphatic carbocycles. The third kappa shape index (κ3) is 4.08. The van der Waals surface area contributed by atoms with Gasteiger partial charge in [0.2, 0.25) is 0 Å². The lowest BCUT2D eigenvalue weighted by molar-refractivity contribution is 0.136. The highest BCUT2D eigenvalue weighted by Gasteiger charge is 2.26. The Kier molecular flexibility index (Phi) is 5.53. The van der Waals surface area contributed by atoms with Crippen molar-refractivity contribution in [1.29, 1.82) is 0 Å². The Labute approximate surface area is 164 Å². The van der Waals surface area contributed by atoms with E-state index >= 15 is 0 Å². The summed E-state index contributed by atoms with van der Waals surface area (Å²) in [5.74, 6) is 1.37. The molecule has 1 saturated heterocycles. The Morgan fingerprint density at radius 2 is 1.77 bits per heavy atom. The van der Waals surface area contributed by atoms with Gasteiger partial charge < -0.3 is 9.64 Å². The smallest absolute Gasteiger partial charge is 0.147 e. The largest absolute Gasteiger partial charge is 0.456 e. The first-order valence-corrected chi connectivity index (χ1v) is 10.0. The quantitative estimate of drug-likeness (QED) is 0.711. The fourth-order valence-corrected chi connectivity index (χ4v) is 3.91. The minimum atomic E-state index is 0.483. The van der Waals surface area contributed by atoms with E-state index in [0.717, 1.165) is 31.4 Å². The van der Waals surface area contributed by atoms with Gasteiger partial charge in [0.15, 0.2) is 0 Å². The average molecular weight is 392 g/mol. The number of nitrogens with zero attached hydrogens (tertiary/aromatic N) is 3. The molecule has 1 aromatic heterocycles. The van der Waals surface area contributed by atoms with Gasteiger partial charge in [-0.3, -0.25) is 9.88 Å². The predicted molar refractivity (Wildman–Crippen MR) is 107 cm³/mol. The van der Waals surface area contributed by atoms with Crippen LogP contribution < -0.4 is 9.64 Å². The zero-order valence-corrected chi connectivity index (χ0v) is 16.2. The summed E-state index contributed by atoms with van der Waals surface area (Å²) >= 11 is 12.0. The van der Waals surface area contributed by atoms with Crippen molar-refractivity contribution in [1.82, 2.24) is 9.88 Å². The van der Waals surface area contributed by atoms with Crippen LogP contribution in [0.5, 0.6) is 11.5 Å². The summed E-state index contributed by atoms with van der Waals surface area (Å²) in [4.78, 5) is 9.44. The molecule has 1 aromatic carbocycles. The summed E-state index contributed by atoms with van der Waals surface area (Å²) < 4.78 is 5.92. The molecule has 2 fully saturated rings. The lowest BCUT2D eigenvalue weighted by Crippen LogP contribution is -2.42. The van der Waals surface area contributed by atoms with E-state index in [-0.39, 0.29) is 0 Å². The first-order valence-electron chi connectivity index (χ1n) is 9.26. The summed E-state index contributed by atoms with van der Waals surface area (Å²) in [7, 11) is 0. The van der Waals surface area contributed by atoms with Crippen LogP contribution in [0.3, 0.4) is 0 Å². The van der Waals surface area contributed by atoms with E-state index in [9.17, 15) is 0 Å². The van der Waals surface area contributed by atoms with Crippen LogP contribution >= 0.6 is 23.2 Å². The molecule has 6 heteroatoms. The van der Waals surface area contributed by atoms with Crippen molar-refractivity contribution in [3.63, 3.8) is 0 Å². The number of rotatable bonds is 4. The number of hydrogen-bond acceptors (Lipinski definition) is 4. The molecule has 0 amide bonds. The standard InChI is InChI=1S/C20H23Cl2N3O/c21-19-6-5-17(12-20(19)22)26-18-11-16(13-23-14-18)25-8-2-7-24(9-10-25)15-3-1-4-15/h5-6,11-15H,1-4,7-10H2. The molecule has 4 rings (SSSR count). The summed E-state index contributed by atoms with van der Waals surface area (Å²) in [5.41, 5.74) is 1.11. The maximum atomic E-state index is 6.07. The first kappa shape index (κ1) is 17.9. The Morgan fingerprint density at radius 1 is 0.885 bits per heavy atom. The SMILES string of the molecule is Clc1ccc(Oc2cncc(N3CCCN(C4CCC4)CC3)c2)cc1Cl. The van der Waals surface area contributed by atoms with Gasteiger partial charge in [-0.2, -0.15) is 0 Å². The van der Waals surface area contributed by atoms with Crippen molar-refractivity contribution < 1.29 is 4.74 Å². The average Bonchev–Trinajstić information content (AvgIpc) is 2.83. The second kappa shape index (κ2) is 8.03. The molecule has 0 radical (unpaired) electrons. The minimum Gasteiger partial charge on any atom is -0.456 e. The van der Waals surface area contributed by atoms with Crippen LogP contribution in [0.4, 0.5) is 5.69 Å². The lowest BCUT2D eigenvalue weighted by Gasteiger charge is -2.36. The number of aromatic nitrogens is 1. The number of ether oxygens (including phenoxy) is 1. The van der Waals surface area contributed by atoms with E-state index in [0.29, 0.717) is 21.5 Å². The predicted octanol–water partition coefficient (Wildman–Crippen LogP) is 5.25. The number of hydrogen-bond donors (Lipinski definition) is 0. The summed E-state index contributed by atoms with van der Waals surface area (Å²) in [6, 6.07) is 8.13. The lowest BCUT2D eigenvalue weighted by atomic mass is 9.91. The van der Waals surface area contributed by atoms with Crippen molar-refractivity contribution in [3.8, 4) is 11.5 Å². The van der Waals surface area contributed by atoms with Gasteiger partial charge in [-0.25, -0.2) is 0 Å². The van der Waals surface area contributed by atoms with Crippen molar-refractivity contribution in [2.75, 3.05) is 31.1 Å². The van der Waals surface area contributed by atoms with Crippen LogP contribution in [0.2, 0.25) is 10.0 Å². The maximum absolute atomic E-state index is 6.07. The molecule has 0 bridgehead atoms. The van der Waals surface area contributed by atoms with E-state index in [2.05, 4.69) is 20.9 Å². The number of anilines is 1. The van der Waals surface area contributed by atoms with Crippen molar-refractivity contribution in [2.45, 2.75) is 31.7 Å². The molecule has 26 heavy (non-hydrogen) atoms. The molecule has 2 aliphatic rings. The topological polar surface area (TPSA) is 28.6 Å².